The van der Waals surface area contributed by atoms with Crippen LogP contribution in [0.2, 0.25) is 0 Å². The first-order valence-electron chi connectivity index (χ1n) is 6.68. The van der Waals surface area contributed by atoms with Crippen LogP contribution < -0.4 is 10.2 Å². The van der Waals surface area contributed by atoms with Gasteiger partial charge in [0, 0.05) is 18.6 Å². The quantitative estimate of drug-likeness (QED) is 0.570. The van der Waals surface area contributed by atoms with Crippen molar-refractivity contribution in [1.29, 1.82) is 0 Å². The number of likely N-dealkylation sites (tertiary alicyclic amines) is 1. The molecule has 6 nitrogen and oxygen atoms in total. The van der Waals surface area contributed by atoms with Gasteiger partial charge in [0.25, 0.3) is 0 Å². The summed E-state index contributed by atoms with van der Waals surface area (Å²) in [5, 5.41) is 18.4. The Morgan fingerprint density at radius 3 is 2.50 bits per heavy atom. The van der Waals surface area contributed by atoms with E-state index in [2.05, 4.69) is 9.62 Å². The minimum atomic E-state index is -3.72. The Kier molecular flexibility index (Phi) is 5.17. The van der Waals surface area contributed by atoms with Crippen molar-refractivity contribution in [3.8, 4) is 0 Å². The highest BCUT2D eigenvalue weighted by Gasteiger charge is 2.24. The van der Waals surface area contributed by atoms with Gasteiger partial charge in [0.15, 0.2) is 0 Å². The van der Waals surface area contributed by atoms with Crippen molar-refractivity contribution in [3.63, 3.8) is 0 Å². The number of nitrogens with one attached hydrogen (secondary N) is 1. The molecule has 1 aromatic carbocycles. The standard InChI is InChI=1S/C12H19BN2O4S/c16-13(17)11-5-1-2-6-12(11)20(18,19)14-7-10-15-8-3-4-9-15/h1-2,5-6,14,16-17H,3-4,7-10H2. The molecule has 0 aliphatic carbocycles. The van der Waals surface area contributed by atoms with Gasteiger partial charge in [-0.15, -0.1) is 0 Å². The van der Waals surface area contributed by atoms with Crippen LogP contribution >= 0.6 is 0 Å². The minimum absolute atomic E-state index is 0.0128. The number of nitrogens with zero attached hydrogens (tertiary/aromatic N) is 1. The van der Waals surface area contributed by atoms with Crippen molar-refractivity contribution >= 4 is 22.6 Å². The highest BCUT2D eigenvalue weighted by Crippen LogP contribution is 2.08. The van der Waals surface area contributed by atoms with Gasteiger partial charge < -0.3 is 14.9 Å². The largest absolute Gasteiger partial charge is 0.489 e. The number of rotatable bonds is 6. The van der Waals surface area contributed by atoms with E-state index in [1.165, 1.54) is 12.1 Å². The second-order valence-corrected chi connectivity index (χ2v) is 6.59. The summed E-state index contributed by atoms with van der Waals surface area (Å²) >= 11 is 0. The second-order valence-electron chi connectivity index (χ2n) is 4.86. The number of benzene rings is 1. The van der Waals surface area contributed by atoms with E-state index in [0.29, 0.717) is 13.1 Å². The van der Waals surface area contributed by atoms with Gasteiger partial charge in [-0.05, 0) is 32.0 Å². The maximum atomic E-state index is 12.2. The van der Waals surface area contributed by atoms with Crippen LogP contribution in [0, 0.1) is 0 Å². The maximum absolute atomic E-state index is 12.2. The molecule has 1 fully saturated rings. The summed E-state index contributed by atoms with van der Waals surface area (Å²) in [4.78, 5) is 2.12. The molecule has 0 amide bonds. The first kappa shape index (κ1) is 15.5. The van der Waals surface area contributed by atoms with Gasteiger partial charge in [0.1, 0.15) is 0 Å². The van der Waals surface area contributed by atoms with Gasteiger partial charge >= 0.3 is 7.12 Å². The molecule has 2 rings (SSSR count). The lowest BCUT2D eigenvalue weighted by Gasteiger charge is -2.15. The fourth-order valence-electron chi connectivity index (χ4n) is 2.36. The Morgan fingerprint density at radius 1 is 1.20 bits per heavy atom. The molecule has 3 N–H and O–H groups in total. The molecule has 1 aromatic rings. The molecule has 0 atom stereocenters. The van der Waals surface area contributed by atoms with E-state index >= 15 is 0 Å². The van der Waals surface area contributed by atoms with Gasteiger partial charge in [0.2, 0.25) is 10.0 Å². The van der Waals surface area contributed by atoms with Crippen molar-refractivity contribution in [1.82, 2.24) is 9.62 Å². The Hall–Kier alpha value is -0.925. The van der Waals surface area contributed by atoms with Crippen molar-refractivity contribution in [2.45, 2.75) is 17.7 Å². The monoisotopic (exact) mass is 298 g/mol. The molecule has 0 spiro atoms. The summed E-state index contributed by atoms with van der Waals surface area (Å²) in [7, 11) is -5.53. The third-order valence-electron chi connectivity index (χ3n) is 3.41. The number of hydrogen-bond donors (Lipinski definition) is 3. The summed E-state index contributed by atoms with van der Waals surface area (Å²) in [5.41, 5.74) is -0.0128. The molecule has 1 aliphatic heterocycles. The molecular weight excluding hydrogens is 279 g/mol. The Labute approximate surface area is 119 Å². The summed E-state index contributed by atoms with van der Waals surface area (Å²) in [6.45, 7) is 3.00. The molecule has 8 heteroatoms. The van der Waals surface area contributed by atoms with Crippen LogP contribution in [0.15, 0.2) is 29.2 Å². The van der Waals surface area contributed by atoms with E-state index in [4.69, 9.17) is 0 Å². The van der Waals surface area contributed by atoms with Crippen LogP contribution in [0.25, 0.3) is 0 Å². The first-order chi connectivity index (χ1) is 9.50. The normalized spacial score (nSPS) is 16.5. The highest BCUT2D eigenvalue weighted by molar-refractivity contribution is 7.89. The van der Waals surface area contributed by atoms with E-state index in [9.17, 15) is 18.5 Å². The fourth-order valence-corrected chi connectivity index (χ4v) is 3.62. The minimum Gasteiger partial charge on any atom is -0.423 e. The van der Waals surface area contributed by atoms with Crippen LogP contribution in [0.1, 0.15) is 12.8 Å². The second kappa shape index (κ2) is 6.69. The summed E-state index contributed by atoms with van der Waals surface area (Å²) in [6, 6.07) is 5.88. The topological polar surface area (TPSA) is 89.9 Å². The lowest BCUT2D eigenvalue weighted by Crippen LogP contribution is -2.39. The van der Waals surface area contributed by atoms with Crippen molar-refractivity contribution in [3.05, 3.63) is 24.3 Å². The molecule has 1 aliphatic rings. The van der Waals surface area contributed by atoms with Crippen LogP contribution in [-0.2, 0) is 10.0 Å². The molecule has 1 saturated heterocycles. The van der Waals surface area contributed by atoms with E-state index in [-0.39, 0.29) is 10.4 Å². The zero-order valence-corrected chi connectivity index (χ0v) is 12.0. The molecule has 0 unspecified atom stereocenters. The lowest BCUT2D eigenvalue weighted by atomic mass is 9.80. The Morgan fingerprint density at radius 2 is 1.85 bits per heavy atom. The number of sulfonamides is 1. The van der Waals surface area contributed by atoms with Gasteiger partial charge in [-0.2, -0.15) is 0 Å². The number of hydrogen-bond acceptors (Lipinski definition) is 5. The van der Waals surface area contributed by atoms with Crippen LogP contribution in [0.5, 0.6) is 0 Å². The smallest absolute Gasteiger partial charge is 0.423 e. The predicted molar refractivity (Wildman–Crippen MR) is 77.1 cm³/mol. The van der Waals surface area contributed by atoms with E-state index < -0.39 is 17.1 Å². The van der Waals surface area contributed by atoms with E-state index in [1.54, 1.807) is 12.1 Å². The first-order valence-corrected chi connectivity index (χ1v) is 8.16. The fraction of sp³-hybridized carbons (Fsp3) is 0.500. The van der Waals surface area contributed by atoms with Crippen LogP contribution in [0.4, 0.5) is 0 Å². The van der Waals surface area contributed by atoms with Crippen molar-refractivity contribution < 1.29 is 18.5 Å². The highest BCUT2D eigenvalue weighted by atomic mass is 32.2. The zero-order valence-electron chi connectivity index (χ0n) is 11.2. The molecule has 20 heavy (non-hydrogen) atoms. The Balaban J connectivity index is 2.02. The van der Waals surface area contributed by atoms with E-state index in [0.717, 1.165) is 25.9 Å². The molecule has 0 bridgehead atoms. The summed E-state index contributed by atoms with van der Waals surface area (Å²) < 4.78 is 26.9. The molecule has 0 saturated carbocycles. The van der Waals surface area contributed by atoms with Crippen molar-refractivity contribution in [2.75, 3.05) is 26.2 Å². The maximum Gasteiger partial charge on any atom is 0.489 e. The zero-order chi connectivity index (χ0) is 14.6. The molecular formula is C12H19BN2O4S. The van der Waals surface area contributed by atoms with Gasteiger partial charge in [-0.1, -0.05) is 18.2 Å². The Bertz CT molecular complexity index is 544. The predicted octanol–water partition coefficient (Wildman–Crippen LogP) is -1.26. The summed E-state index contributed by atoms with van der Waals surface area (Å²) in [5.74, 6) is 0. The van der Waals surface area contributed by atoms with Gasteiger partial charge in [-0.25, -0.2) is 13.1 Å². The van der Waals surface area contributed by atoms with E-state index in [1.807, 2.05) is 0 Å². The van der Waals surface area contributed by atoms with Crippen LogP contribution in [0.3, 0.4) is 0 Å². The molecule has 110 valence electrons. The summed E-state index contributed by atoms with van der Waals surface area (Å²) in [6.07, 6.45) is 2.32. The third-order valence-corrected chi connectivity index (χ3v) is 4.94. The average molecular weight is 298 g/mol. The molecule has 0 radical (unpaired) electrons. The van der Waals surface area contributed by atoms with Gasteiger partial charge in [0.05, 0.1) is 4.90 Å². The van der Waals surface area contributed by atoms with Gasteiger partial charge in [-0.3, -0.25) is 0 Å². The lowest BCUT2D eigenvalue weighted by molar-refractivity contribution is 0.344. The SMILES string of the molecule is O=S(=O)(NCCN1CCCC1)c1ccccc1B(O)O. The van der Waals surface area contributed by atoms with Crippen molar-refractivity contribution in [2.24, 2.45) is 0 Å². The average Bonchev–Trinajstić information content (AvgIpc) is 2.91. The molecule has 0 aromatic heterocycles. The molecule has 1 heterocycles. The van der Waals surface area contributed by atoms with Crippen LogP contribution in [-0.4, -0.2) is 56.7 Å². The third kappa shape index (κ3) is 3.80.